The summed E-state index contributed by atoms with van der Waals surface area (Å²) in [6.45, 7) is 1.72. The predicted molar refractivity (Wildman–Crippen MR) is 78.3 cm³/mol. The lowest BCUT2D eigenvalue weighted by atomic mass is 10.1. The van der Waals surface area contributed by atoms with Gasteiger partial charge < -0.3 is 9.15 Å². The van der Waals surface area contributed by atoms with Crippen LogP contribution < -0.4 is 0 Å². The van der Waals surface area contributed by atoms with E-state index in [1.807, 2.05) is 30.3 Å². The Morgan fingerprint density at radius 2 is 1.95 bits per heavy atom. The van der Waals surface area contributed by atoms with Gasteiger partial charge in [-0.1, -0.05) is 41.9 Å². The fourth-order valence-corrected chi connectivity index (χ4v) is 2.18. The molecule has 21 heavy (non-hydrogen) atoms. The van der Waals surface area contributed by atoms with E-state index >= 15 is 0 Å². The van der Waals surface area contributed by atoms with Crippen molar-refractivity contribution in [3.63, 3.8) is 0 Å². The molecule has 0 saturated carbocycles. The third kappa shape index (κ3) is 2.25. The minimum Gasteiger partial charge on any atom is -0.465 e. The maximum absolute atomic E-state index is 12.1. The number of ether oxygens (including phenoxy) is 1. The molecule has 1 aromatic carbocycles. The highest BCUT2D eigenvalue weighted by atomic mass is 35.5. The molecule has 0 amide bonds. The van der Waals surface area contributed by atoms with Crippen molar-refractivity contribution >= 4 is 28.8 Å². The molecule has 0 bridgehead atoms. The number of fused-ring (bicyclic) bond motifs is 1. The Kier molecular flexibility index (Phi) is 3.35. The Morgan fingerprint density at radius 1 is 1.24 bits per heavy atom. The third-order valence-corrected chi connectivity index (χ3v) is 3.43. The van der Waals surface area contributed by atoms with Crippen LogP contribution in [0, 0.1) is 6.92 Å². The van der Waals surface area contributed by atoms with Gasteiger partial charge in [-0.2, -0.15) is 0 Å². The molecule has 0 N–H and O–H groups in total. The van der Waals surface area contributed by atoms with Gasteiger partial charge in [-0.25, -0.2) is 14.8 Å². The minimum absolute atomic E-state index is 0.230. The van der Waals surface area contributed by atoms with Crippen LogP contribution in [0.25, 0.3) is 22.6 Å². The number of halogens is 1. The molecule has 0 unspecified atom stereocenters. The number of nitrogens with zero attached hydrogens (tertiary/aromatic N) is 2. The molecule has 0 aliphatic heterocycles. The van der Waals surface area contributed by atoms with E-state index in [1.54, 1.807) is 6.92 Å². The number of esters is 1. The van der Waals surface area contributed by atoms with Crippen LogP contribution in [0.4, 0.5) is 0 Å². The summed E-state index contributed by atoms with van der Waals surface area (Å²) in [5.41, 5.74) is 2.07. The zero-order valence-electron chi connectivity index (χ0n) is 11.4. The SMILES string of the molecule is COC(=O)c1c(-c2ccccc2)oc2nc(C)c(Cl)nc12. The van der Waals surface area contributed by atoms with E-state index in [4.69, 9.17) is 20.8 Å². The molecule has 0 spiro atoms. The van der Waals surface area contributed by atoms with Crippen LogP contribution in [0.5, 0.6) is 0 Å². The maximum Gasteiger partial charge on any atom is 0.344 e. The third-order valence-electron chi connectivity index (χ3n) is 3.07. The number of aryl methyl sites for hydroxylation is 1. The zero-order chi connectivity index (χ0) is 15.0. The molecule has 0 aliphatic rings. The van der Waals surface area contributed by atoms with Crippen molar-refractivity contribution < 1.29 is 13.9 Å². The van der Waals surface area contributed by atoms with Gasteiger partial charge in [0.2, 0.25) is 5.71 Å². The van der Waals surface area contributed by atoms with E-state index in [1.165, 1.54) is 7.11 Å². The van der Waals surface area contributed by atoms with Crippen molar-refractivity contribution in [1.29, 1.82) is 0 Å². The van der Waals surface area contributed by atoms with E-state index in [9.17, 15) is 4.79 Å². The van der Waals surface area contributed by atoms with E-state index in [0.29, 0.717) is 17.0 Å². The molecule has 0 atom stereocenters. The number of carbonyl (C=O) groups excluding carboxylic acids is 1. The molecule has 106 valence electrons. The summed E-state index contributed by atoms with van der Waals surface area (Å²) in [7, 11) is 1.30. The quantitative estimate of drug-likeness (QED) is 0.676. The zero-order valence-corrected chi connectivity index (χ0v) is 12.1. The lowest BCUT2D eigenvalue weighted by molar-refractivity contribution is 0.0603. The van der Waals surface area contributed by atoms with Crippen molar-refractivity contribution in [2.24, 2.45) is 0 Å². The number of carbonyl (C=O) groups is 1. The Hall–Kier alpha value is -2.40. The summed E-state index contributed by atoms with van der Waals surface area (Å²) in [4.78, 5) is 20.5. The van der Waals surface area contributed by atoms with Gasteiger partial charge in [0.1, 0.15) is 11.1 Å². The van der Waals surface area contributed by atoms with Crippen LogP contribution in [0.3, 0.4) is 0 Å². The van der Waals surface area contributed by atoms with Crippen LogP contribution >= 0.6 is 11.6 Å². The molecular weight excluding hydrogens is 292 g/mol. The second-order valence-corrected chi connectivity index (χ2v) is 4.78. The lowest BCUT2D eigenvalue weighted by Gasteiger charge is -2.00. The Labute approximate surface area is 125 Å². The molecular formula is C15H11ClN2O3. The van der Waals surface area contributed by atoms with Gasteiger partial charge in [-0.15, -0.1) is 0 Å². The smallest absolute Gasteiger partial charge is 0.344 e. The van der Waals surface area contributed by atoms with Gasteiger partial charge in [0, 0.05) is 5.56 Å². The standard InChI is InChI=1S/C15H11ClN2O3/c1-8-13(16)18-11-10(15(19)20-2)12(21-14(11)17-8)9-6-4-3-5-7-9/h3-7H,1-2H3. The monoisotopic (exact) mass is 302 g/mol. The van der Waals surface area contributed by atoms with E-state index < -0.39 is 5.97 Å². The van der Waals surface area contributed by atoms with Crippen molar-refractivity contribution in [2.45, 2.75) is 6.92 Å². The van der Waals surface area contributed by atoms with E-state index in [0.717, 1.165) is 5.56 Å². The number of aromatic nitrogens is 2. The van der Waals surface area contributed by atoms with Gasteiger partial charge in [0.05, 0.1) is 12.8 Å². The molecule has 3 aromatic rings. The normalized spacial score (nSPS) is 10.8. The van der Waals surface area contributed by atoms with Crippen LogP contribution in [0.2, 0.25) is 5.15 Å². The van der Waals surface area contributed by atoms with Gasteiger partial charge in [0.25, 0.3) is 0 Å². The Morgan fingerprint density at radius 3 is 2.62 bits per heavy atom. The molecule has 3 rings (SSSR count). The molecule has 0 saturated heterocycles. The second kappa shape index (κ2) is 5.18. The minimum atomic E-state index is -0.540. The number of methoxy groups -OCH3 is 1. The van der Waals surface area contributed by atoms with E-state index in [2.05, 4.69) is 9.97 Å². The summed E-state index contributed by atoms with van der Waals surface area (Å²) in [6.07, 6.45) is 0. The van der Waals surface area contributed by atoms with Crippen LogP contribution in [0.1, 0.15) is 16.1 Å². The predicted octanol–water partition coefficient (Wildman–Crippen LogP) is 3.64. The summed E-state index contributed by atoms with van der Waals surface area (Å²) >= 11 is 6.00. The number of hydrogen-bond donors (Lipinski definition) is 0. The van der Waals surface area contributed by atoms with Gasteiger partial charge >= 0.3 is 5.97 Å². The first kappa shape index (κ1) is 13.6. The number of hydrogen-bond acceptors (Lipinski definition) is 5. The average Bonchev–Trinajstić information content (AvgIpc) is 2.86. The lowest BCUT2D eigenvalue weighted by Crippen LogP contribution is -2.03. The topological polar surface area (TPSA) is 65.2 Å². The maximum atomic E-state index is 12.1. The fraction of sp³-hybridized carbons (Fsp3) is 0.133. The summed E-state index contributed by atoms with van der Waals surface area (Å²) in [5.74, 6) is -0.166. The molecule has 2 aromatic heterocycles. The van der Waals surface area contributed by atoms with Gasteiger partial charge in [-0.05, 0) is 6.92 Å². The highest BCUT2D eigenvalue weighted by Gasteiger charge is 2.25. The first-order valence-electron chi connectivity index (χ1n) is 6.22. The first-order valence-corrected chi connectivity index (χ1v) is 6.60. The number of furan rings is 1. The molecule has 0 fully saturated rings. The number of benzene rings is 1. The van der Waals surface area contributed by atoms with Crippen molar-refractivity contribution in [1.82, 2.24) is 9.97 Å². The number of rotatable bonds is 2. The van der Waals surface area contributed by atoms with Crippen LogP contribution in [-0.4, -0.2) is 23.0 Å². The van der Waals surface area contributed by atoms with Crippen molar-refractivity contribution in [3.05, 3.63) is 46.7 Å². The Bertz CT molecular complexity index is 828. The summed E-state index contributed by atoms with van der Waals surface area (Å²) in [6, 6.07) is 9.24. The first-order chi connectivity index (χ1) is 10.1. The molecule has 6 heteroatoms. The highest BCUT2D eigenvalue weighted by molar-refractivity contribution is 6.30. The van der Waals surface area contributed by atoms with Crippen LogP contribution in [0.15, 0.2) is 34.7 Å². The highest BCUT2D eigenvalue weighted by Crippen LogP contribution is 2.33. The van der Waals surface area contributed by atoms with Crippen molar-refractivity contribution in [2.75, 3.05) is 7.11 Å². The van der Waals surface area contributed by atoms with Crippen molar-refractivity contribution in [3.8, 4) is 11.3 Å². The van der Waals surface area contributed by atoms with Crippen LogP contribution in [-0.2, 0) is 4.74 Å². The van der Waals surface area contributed by atoms with Gasteiger partial charge in [0.15, 0.2) is 10.9 Å². The largest absolute Gasteiger partial charge is 0.465 e. The molecule has 0 radical (unpaired) electrons. The van der Waals surface area contributed by atoms with E-state index in [-0.39, 0.29) is 16.4 Å². The van der Waals surface area contributed by atoms with Gasteiger partial charge in [-0.3, -0.25) is 0 Å². The summed E-state index contributed by atoms with van der Waals surface area (Å²) in [5, 5.41) is 0.230. The summed E-state index contributed by atoms with van der Waals surface area (Å²) < 4.78 is 10.5. The fourth-order valence-electron chi connectivity index (χ4n) is 2.05. The molecule has 2 heterocycles. The Balaban J connectivity index is 2.36. The molecule has 5 nitrogen and oxygen atoms in total. The molecule has 0 aliphatic carbocycles. The average molecular weight is 303 g/mol. The second-order valence-electron chi connectivity index (χ2n) is 4.42.